The molecule has 2 amide bonds. The van der Waals surface area contributed by atoms with Crippen molar-refractivity contribution in [1.82, 2.24) is 25.0 Å². The number of thiol groups is 1. The number of benzene rings is 4. The number of hydrogen-bond donors (Lipinski definition) is 5. The number of nitrogens with one attached hydrogen (secondary N) is 4. The van der Waals surface area contributed by atoms with Crippen molar-refractivity contribution in [2.45, 2.75) is 22.6 Å². The van der Waals surface area contributed by atoms with Crippen molar-refractivity contribution in [3.8, 4) is 0 Å². The Hall–Kier alpha value is -3.93. The van der Waals surface area contributed by atoms with Crippen LogP contribution in [0.15, 0.2) is 82.6 Å². The van der Waals surface area contributed by atoms with Gasteiger partial charge < -0.3 is 25.3 Å². The normalized spacial score (nSPS) is 12.0. The van der Waals surface area contributed by atoms with Crippen molar-refractivity contribution in [2.75, 3.05) is 89.6 Å². The van der Waals surface area contributed by atoms with Crippen molar-refractivity contribution in [3.63, 3.8) is 0 Å². The average Bonchev–Trinajstić information content (AvgIpc) is 3.11. The van der Waals surface area contributed by atoms with E-state index in [9.17, 15) is 26.4 Å². The largest absolute Gasteiger partial charge is 0.377 e. The first-order valence-electron chi connectivity index (χ1n) is 17.0. The molecular formula is C36H49N7O6S3. The van der Waals surface area contributed by atoms with Crippen LogP contribution >= 0.6 is 12.6 Å². The summed E-state index contributed by atoms with van der Waals surface area (Å²) < 4.78 is 57.7. The molecule has 52 heavy (non-hydrogen) atoms. The highest BCUT2D eigenvalue weighted by Crippen LogP contribution is 2.31. The average molecular weight is 772 g/mol. The van der Waals surface area contributed by atoms with E-state index in [1.54, 1.807) is 36.4 Å². The third kappa shape index (κ3) is 10.8. The van der Waals surface area contributed by atoms with Gasteiger partial charge >= 0.3 is 0 Å². The summed E-state index contributed by atoms with van der Waals surface area (Å²) in [5.41, 5.74) is 1.82. The molecule has 4 aromatic carbocycles. The van der Waals surface area contributed by atoms with Crippen molar-refractivity contribution in [3.05, 3.63) is 72.8 Å². The maximum Gasteiger partial charge on any atom is 0.241 e. The number of sulfonamides is 2. The molecule has 4 aromatic rings. The van der Waals surface area contributed by atoms with E-state index in [1.807, 2.05) is 79.3 Å². The van der Waals surface area contributed by atoms with Gasteiger partial charge in [0.2, 0.25) is 31.9 Å². The maximum atomic E-state index is 13.1. The van der Waals surface area contributed by atoms with Gasteiger partial charge in [-0.05, 0) is 24.3 Å². The molecule has 0 aliphatic heterocycles. The third-order valence-corrected chi connectivity index (χ3v) is 11.7. The maximum absolute atomic E-state index is 13.1. The Labute approximate surface area is 312 Å². The molecule has 0 fully saturated rings. The van der Waals surface area contributed by atoms with E-state index in [4.69, 9.17) is 0 Å². The summed E-state index contributed by atoms with van der Waals surface area (Å²) in [4.78, 5) is 31.3. The second-order valence-corrected chi connectivity index (χ2v) is 16.5. The molecule has 4 N–H and O–H groups in total. The van der Waals surface area contributed by atoms with E-state index in [1.165, 1.54) is 0 Å². The summed E-state index contributed by atoms with van der Waals surface area (Å²) in [7, 11) is -0.0478. The third-order valence-electron chi connectivity index (χ3n) is 8.47. The Morgan fingerprint density at radius 3 is 1.33 bits per heavy atom. The van der Waals surface area contributed by atoms with Gasteiger partial charge in [0, 0.05) is 126 Å². The minimum atomic E-state index is -3.83. The molecule has 0 aliphatic rings. The molecule has 0 radical (unpaired) electrons. The fraction of sp³-hybridized carbons (Fsp3) is 0.389. The number of rotatable bonds is 20. The molecule has 0 aromatic heterocycles. The molecule has 282 valence electrons. The van der Waals surface area contributed by atoms with Crippen LogP contribution in [-0.2, 0) is 29.6 Å². The Morgan fingerprint density at radius 1 is 0.558 bits per heavy atom. The number of carbonyl (C=O) groups excluding carboxylic acids is 2. The predicted molar refractivity (Wildman–Crippen MR) is 212 cm³/mol. The lowest BCUT2D eigenvalue weighted by Crippen LogP contribution is -2.38. The van der Waals surface area contributed by atoms with Crippen molar-refractivity contribution < 1.29 is 26.4 Å². The Kier molecular flexibility index (Phi) is 14.7. The van der Waals surface area contributed by atoms with Crippen molar-refractivity contribution in [2.24, 2.45) is 0 Å². The number of anilines is 2. The number of carbonyl (C=O) groups is 2. The molecule has 0 spiro atoms. The summed E-state index contributed by atoms with van der Waals surface area (Å²) in [6.07, 6.45) is 0.315. The van der Waals surface area contributed by atoms with Crippen molar-refractivity contribution in [1.29, 1.82) is 0 Å². The zero-order chi connectivity index (χ0) is 37.9. The van der Waals surface area contributed by atoms with Gasteiger partial charge in [-0.15, -0.1) is 0 Å². The van der Waals surface area contributed by atoms with E-state index >= 15 is 0 Å². The van der Waals surface area contributed by atoms with Gasteiger partial charge in [-0.3, -0.25) is 9.59 Å². The van der Waals surface area contributed by atoms with Crippen LogP contribution in [0.3, 0.4) is 0 Å². The first kappa shape index (κ1) is 40.8. The van der Waals surface area contributed by atoms with Gasteiger partial charge in [-0.2, -0.15) is 12.6 Å². The van der Waals surface area contributed by atoms with E-state index in [0.29, 0.717) is 36.2 Å². The zero-order valence-corrected chi connectivity index (χ0v) is 32.6. The molecule has 4 rings (SSSR count). The van der Waals surface area contributed by atoms with Gasteiger partial charge in [0.15, 0.2) is 0 Å². The van der Waals surface area contributed by atoms with Crippen LogP contribution in [0, 0.1) is 0 Å². The summed E-state index contributed by atoms with van der Waals surface area (Å²) >= 11 is 4.30. The van der Waals surface area contributed by atoms with Gasteiger partial charge in [-0.1, -0.05) is 48.5 Å². The monoisotopic (exact) mass is 771 g/mol. The molecule has 0 unspecified atom stereocenters. The quantitative estimate of drug-likeness (QED) is 0.0673. The molecular weight excluding hydrogens is 723 g/mol. The van der Waals surface area contributed by atoms with Crippen LogP contribution in [0.1, 0.15) is 12.8 Å². The molecule has 13 nitrogen and oxygen atoms in total. The molecule has 0 saturated carbocycles. The fourth-order valence-electron chi connectivity index (χ4n) is 5.88. The zero-order valence-electron chi connectivity index (χ0n) is 30.1. The van der Waals surface area contributed by atoms with E-state index in [-0.39, 0.29) is 60.6 Å². The van der Waals surface area contributed by atoms with Crippen molar-refractivity contribution >= 4 is 77.4 Å². The van der Waals surface area contributed by atoms with Gasteiger partial charge in [0.25, 0.3) is 0 Å². The smallest absolute Gasteiger partial charge is 0.241 e. The first-order chi connectivity index (χ1) is 24.7. The van der Waals surface area contributed by atoms with Crippen LogP contribution in [-0.4, -0.2) is 113 Å². The minimum absolute atomic E-state index is 0.0217. The van der Waals surface area contributed by atoms with Gasteiger partial charge in [-0.25, -0.2) is 26.3 Å². The van der Waals surface area contributed by atoms with Gasteiger partial charge in [0.1, 0.15) is 0 Å². The summed E-state index contributed by atoms with van der Waals surface area (Å²) in [6.45, 7) is 1.60. The second-order valence-electron chi connectivity index (χ2n) is 12.6. The van der Waals surface area contributed by atoms with Crippen LogP contribution in [0.25, 0.3) is 21.5 Å². The van der Waals surface area contributed by atoms with E-state index in [0.717, 1.165) is 22.1 Å². The predicted octanol–water partition coefficient (Wildman–Crippen LogP) is 2.63. The highest BCUT2D eigenvalue weighted by atomic mass is 32.2. The lowest BCUT2D eigenvalue weighted by molar-refractivity contribution is -0.121. The Morgan fingerprint density at radius 2 is 0.942 bits per heavy atom. The number of amides is 2. The standard InChI is InChI=1S/C36H49N7O6S3/c1-41(2)31-13-5-11-29-27(31)9-7-15-33(29)51(46,47)39-21-19-37-35(44)17-23-43(25-26-50)24-18-36(45)38-20-22-40-52(48,49)34-16-8-10-28-30(34)12-6-14-32(28)42(3)4/h5-16,39-40,50H,17-26H2,1-4H3,(H,37,44)(H,38,45). The molecule has 0 aliphatic carbocycles. The number of hydrogen-bond acceptors (Lipinski definition) is 10. The molecule has 0 bridgehead atoms. The number of nitrogens with zero attached hydrogens (tertiary/aromatic N) is 3. The van der Waals surface area contributed by atoms with Crippen LogP contribution < -0.4 is 29.9 Å². The number of fused-ring (bicyclic) bond motifs is 2. The Bertz CT molecular complexity index is 1930. The minimum Gasteiger partial charge on any atom is -0.377 e. The van der Waals surface area contributed by atoms with E-state index in [2.05, 4.69) is 32.7 Å². The highest BCUT2D eigenvalue weighted by Gasteiger charge is 2.20. The molecule has 0 atom stereocenters. The molecule has 0 heterocycles. The van der Waals surface area contributed by atoms with Gasteiger partial charge in [0.05, 0.1) is 9.79 Å². The van der Waals surface area contributed by atoms with Crippen LogP contribution in [0.5, 0.6) is 0 Å². The first-order valence-corrected chi connectivity index (χ1v) is 20.6. The van der Waals surface area contributed by atoms with Crippen LogP contribution in [0.4, 0.5) is 11.4 Å². The fourth-order valence-corrected chi connectivity index (χ4v) is 8.67. The second kappa shape index (κ2) is 18.7. The molecule has 0 saturated heterocycles. The lowest BCUT2D eigenvalue weighted by atomic mass is 10.1. The lowest BCUT2D eigenvalue weighted by Gasteiger charge is -2.21. The van der Waals surface area contributed by atoms with Crippen LogP contribution in [0.2, 0.25) is 0 Å². The Balaban J connectivity index is 1.17. The van der Waals surface area contributed by atoms with E-state index < -0.39 is 20.0 Å². The summed E-state index contributed by atoms with van der Waals surface area (Å²) in [5, 5.41) is 8.38. The SMILES string of the molecule is CN(C)c1cccc2c(S(=O)(=O)NCCNC(=O)CCN(CCS)CCC(=O)NCCNS(=O)(=O)c3cccc4c(N(C)C)cccc34)cccc12. The summed E-state index contributed by atoms with van der Waals surface area (Å²) in [6, 6.07) is 21.4. The summed E-state index contributed by atoms with van der Waals surface area (Å²) in [5.74, 6) is 0.0383. The highest BCUT2D eigenvalue weighted by molar-refractivity contribution is 7.90. The molecule has 16 heteroatoms. The topological polar surface area (TPSA) is 160 Å².